The zero-order valence-corrected chi connectivity index (χ0v) is 52.4. The lowest BCUT2D eigenvalue weighted by atomic mass is 9.71. The number of aliphatic imine (C=N–C) groups is 1. The van der Waals surface area contributed by atoms with Crippen LogP contribution in [-0.2, 0) is 43.9 Å². The van der Waals surface area contributed by atoms with Gasteiger partial charge in [-0.25, -0.2) is 14.2 Å². The van der Waals surface area contributed by atoms with Gasteiger partial charge < -0.3 is 44.4 Å². The van der Waals surface area contributed by atoms with E-state index in [4.69, 9.17) is 59.8 Å². The van der Waals surface area contributed by atoms with Gasteiger partial charge in [0.1, 0.15) is 46.5 Å². The number of pyridine rings is 1. The Labute approximate surface area is 519 Å². The van der Waals surface area contributed by atoms with E-state index >= 15 is 4.79 Å². The molecule has 0 spiro atoms. The molecule has 6 aromatic rings. The minimum Gasteiger partial charge on any atom is -0.493 e. The van der Waals surface area contributed by atoms with Gasteiger partial charge in [-0.15, -0.1) is 5.10 Å². The van der Waals surface area contributed by atoms with Crippen molar-refractivity contribution in [3.63, 3.8) is 0 Å². The number of hydrogen-bond acceptors (Lipinski definition) is 12. The summed E-state index contributed by atoms with van der Waals surface area (Å²) in [6, 6.07) is 27.3. The smallest absolute Gasteiger partial charge is 0.326 e. The van der Waals surface area contributed by atoms with Crippen LogP contribution in [0.4, 0.5) is 26.5 Å². The van der Waals surface area contributed by atoms with Crippen molar-refractivity contribution in [3.8, 4) is 16.9 Å². The van der Waals surface area contributed by atoms with E-state index in [1.54, 1.807) is 29.9 Å². The fraction of sp³-hybridized carbons (Fsp3) is 0.439. The molecule has 3 atom stereocenters. The zero-order valence-electron chi connectivity index (χ0n) is 50.9. The number of nitrogen functional groups attached to an aromatic ring is 1. The summed E-state index contributed by atoms with van der Waals surface area (Å²) in [5, 5.41) is 6.05. The molecule has 4 aromatic carbocycles. The van der Waals surface area contributed by atoms with Gasteiger partial charge in [0.25, 0.3) is 11.7 Å². The fourth-order valence-electron chi connectivity index (χ4n) is 12.4. The Balaban J connectivity index is 0.729. The summed E-state index contributed by atoms with van der Waals surface area (Å²) in [5.74, 6) is 0.839. The van der Waals surface area contributed by atoms with Crippen molar-refractivity contribution in [2.75, 3.05) is 104 Å². The van der Waals surface area contributed by atoms with E-state index in [-0.39, 0.29) is 73.6 Å². The van der Waals surface area contributed by atoms with Crippen LogP contribution in [0.25, 0.3) is 16.0 Å². The Hall–Kier alpha value is -7.60. The number of amidine groups is 1. The van der Waals surface area contributed by atoms with Crippen molar-refractivity contribution in [1.29, 1.82) is 0 Å². The van der Waals surface area contributed by atoms with Gasteiger partial charge in [0, 0.05) is 80.7 Å². The molecule has 458 valence electrons. The van der Waals surface area contributed by atoms with Crippen molar-refractivity contribution in [2.24, 2.45) is 4.99 Å². The molecule has 2 aromatic heterocycles. The minimum atomic E-state index is -1.05. The molecule has 18 nitrogen and oxygen atoms in total. The number of likely N-dealkylation sites (N-methyl/N-ethyl adjacent to an activating group) is 1. The maximum Gasteiger partial charge on any atom is 0.326 e. The number of hydrogen-bond donors (Lipinski definition) is 1. The van der Waals surface area contributed by atoms with Crippen molar-refractivity contribution >= 4 is 64.2 Å². The summed E-state index contributed by atoms with van der Waals surface area (Å²) < 4.78 is 34.6. The van der Waals surface area contributed by atoms with E-state index in [1.165, 1.54) is 23.1 Å². The molecule has 2 saturated heterocycles. The van der Waals surface area contributed by atoms with Crippen LogP contribution in [0.2, 0.25) is 10.0 Å². The second-order valence-electron chi connectivity index (χ2n) is 24.1. The van der Waals surface area contributed by atoms with E-state index in [0.717, 1.165) is 28.7 Å². The summed E-state index contributed by atoms with van der Waals surface area (Å²) in [7, 11) is 3.37. The first kappa shape index (κ1) is 62.5. The van der Waals surface area contributed by atoms with Gasteiger partial charge in [0.05, 0.1) is 69.8 Å². The van der Waals surface area contributed by atoms with Gasteiger partial charge in [-0.05, 0) is 128 Å². The highest BCUT2D eigenvalue weighted by Gasteiger charge is 2.60. The van der Waals surface area contributed by atoms with Gasteiger partial charge in [-0.3, -0.25) is 24.4 Å². The van der Waals surface area contributed by atoms with Crippen LogP contribution in [0.15, 0.2) is 102 Å². The maximum atomic E-state index is 15.6. The Bertz CT molecular complexity index is 3600. The monoisotopic (exact) mass is 1220 g/mol. The Kier molecular flexibility index (Phi) is 18.7. The van der Waals surface area contributed by atoms with Crippen LogP contribution in [-0.4, -0.2) is 156 Å². The van der Waals surface area contributed by atoms with Gasteiger partial charge >= 0.3 is 6.03 Å². The molecule has 4 aliphatic rings. The predicted octanol–water partition coefficient (Wildman–Crippen LogP) is 11.4. The van der Waals surface area contributed by atoms with E-state index in [2.05, 4.69) is 66.4 Å². The van der Waals surface area contributed by atoms with Crippen LogP contribution in [0, 0.1) is 12.4 Å². The van der Waals surface area contributed by atoms with Crippen LogP contribution < -0.4 is 15.4 Å². The highest BCUT2D eigenvalue weighted by atomic mass is 35.5. The number of halogens is 3. The molecule has 2 bridgehead atoms. The zero-order chi connectivity index (χ0) is 62.0. The van der Waals surface area contributed by atoms with Crippen molar-refractivity contribution in [3.05, 3.63) is 164 Å². The molecule has 0 unspecified atom stereocenters. The molecule has 4 amide bonds. The molecular weight excluding hydrogens is 1150 g/mol. The maximum absolute atomic E-state index is 15.6. The number of carbonyl (C=O) groups excluding carboxylic acids is 3. The van der Waals surface area contributed by atoms with Crippen LogP contribution in [0.5, 0.6) is 5.75 Å². The van der Waals surface area contributed by atoms with Gasteiger partial charge in [-0.2, -0.15) is 4.68 Å². The van der Waals surface area contributed by atoms with E-state index in [1.807, 2.05) is 77.4 Å². The molecule has 2 N–H and O–H groups in total. The molecule has 87 heavy (non-hydrogen) atoms. The minimum absolute atomic E-state index is 0.0607. The number of piperazine rings is 1. The molecule has 21 heteroatoms. The van der Waals surface area contributed by atoms with E-state index in [0.29, 0.717) is 127 Å². The molecular formula is C66H77Cl2FN12O6. The Morgan fingerprint density at radius 3 is 2.23 bits per heavy atom. The SMILES string of the molecule is [C-]#[N+]c1c2c(nn1CCN(C)C(=O)CCOCCOCCN1CCN(C(=O)N3C(c4ccc(C(C)(C)C)cc4OCC)=N[C@@](C)(c4ccc(Cl)cc4)[C@@]3(C)c3ccc(Cl)cc3)CC1)CN(C)C(=O)c1ccc(F)cc1[C@H]1CCCN1c1cc-2cnc1N. The van der Waals surface area contributed by atoms with Gasteiger partial charge in [-0.1, -0.05) is 80.9 Å². The average Bonchev–Trinajstić information content (AvgIpc) is 1.58. The summed E-state index contributed by atoms with van der Waals surface area (Å²) >= 11 is 13.0. The van der Waals surface area contributed by atoms with E-state index < -0.39 is 16.9 Å². The van der Waals surface area contributed by atoms with Crippen molar-refractivity contribution < 1.29 is 33.0 Å². The summed E-state index contributed by atoms with van der Waals surface area (Å²) in [4.78, 5) is 68.4. The number of aromatic nitrogens is 3. The molecule has 0 radical (unpaired) electrons. The number of carbonyl (C=O) groups is 3. The molecule has 6 heterocycles. The summed E-state index contributed by atoms with van der Waals surface area (Å²) in [6.07, 6.45) is 3.25. The fourth-order valence-corrected chi connectivity index (χ4v) is 12.7. The third-order valence-electron chi connectivity index (χ3n) is 17.6. The number of fused-ring (bicyclic) bond motifs is 8. The first-order valence-electron chi connectivity index (χ1n) is 29.8. The summed E-state index contributed by atoms with van der Waals surface area (Å²) in [6.45, 7) is 26.7. The lowest BCUT2D eigenvalue weighted by Crippen LogP contribution is -2.60. The number of nitrogens with two attached hydrogens (primary N) is 1. The first-order valence-corrected chi connectivity index (χ1v) is 30.6. The topological polar surface area (TPSA) is 172 Å². The third-order valence-corrected chi connectivity index (χ3v) is 18.1. The van der Waals surface area contributed by atoms with Crippen molar-refractivity contribution in [2.45, 2.75) is 96.4 Å². The number of anilines is 2. The van der Waals surface area contributed by atoms with Gasteiger partial charge in [0.15, 0.2) is 0 Å². The second kappa shape index (κ2) is 26.0. The second-order valence-corrected chi connectivity index (χ2v) is 24.9. The molecule has 4 aliphatic heterocycles. The highest BCUT2D eigenvalue weighted by Crippen LogP contribution is 2.54. The standard InChI is InChI=1S/C66H77Cl2FN12O6/c1-10-87-56-39-46(64(2,3)4)17-23-51(56)60-73-65(5,44-13-18-47(67)19-14-44)66(6,45-15-20-48(68)21-16-45)81(60)63(84)78-30-28-77(29-31-78)33-35-86-37-36-85-34-25-57(82)75(8)27-32-80-61(71-7)58-43-38-55(59(70)72-41-43)79-26-11-12-54(79)52-40-49(69)22-24-50(52)62(83)76(9)42-53(58)74-80/h13-24,38-41,54H,10-12,25-37,42H2,1-6,8-9H3,(H2,70,72)/t54-,65+,66-/m1/s1. The lowest BCUT2D eigenvalue weighted by Gasteiger charge is -2.47. The highest BCUT2D eigenvalue weighted by molar-refractivity contribution is 6.30. The normalized spacial score (nSPS) is 19.6. The van der Waals surface area contributed by atoms with Gasteiger partial charge in [0.2, 0.25) is 5.91 Å². The first-order chi connectivity index (χ1) is 41.6. The average molecular weight is 1220 g/mol. The summed E-state index contributed by atoms with van der Waals surface area (Å²) in [5.41, 5.74) is 11.1. The van der Waals surface area contributed by atoms with Crippen LogP contribution in [0.3, 0.4) is 0 Å². The third kappa shape index (κ3) is 12.6. The van der Waals surface area contributed by atoms with E-state index in [9.17, 15) is 14.0 Å². The Morgan fingerprint density at radius 2 is 1.55 bits per heavy atom. The predicted molar refractivity (Wildman–Crippen MR) is 337 cm³/mol. The number of rotatable bonds is 17. The van der Waals surface area contributed by atoms with Crippen LogP contribution in [0.1, 0.15) is 111 Å². The number of urea groups is 1. The van der Waals surface area contributed by atoms with Crippen LogP contribution >= 0.6 is 23.2 Å². The number of ether oxygens (including phenoxy) is 3. The number of nitrogens with zero attached hydrogens (tertiary/aromatic N) is 11. The molecule has 0 aliphatic carbocycles. The number of benzene rings is 4. The molecule has 0 saturated carbocycles. The lowest BCUT2D eigenvalue weighted by molar-refractivity contribution is -0.131. The quantitative estimate of drug-likeness (QED) is 0.0680. The molecule has 10 rings (SSSR count). The largest absolute Gasteiger partial charge is 0.493 e. The molecule has 2 fully saturated rings. The number of amides is 4. The van der Waals surface area contributed by atoms with Crippen molar-refractivity contribution in [1.82, 2.24) is 39.3 Å². The Morgan fingerprint density at radius 1 is 0.874 bits per heavy atom.